The Morgan fingerprint density at radius 3 is 2.25 bits per heavy atom. The fourth-order valence-corrected chi connectivity index (χ4v) is 11.8. The van der Waals surface area contributed by atoms with Gasteiger partial charge < -0.3 is 37.6 Å². The minimum absolute atomic E-state index is 0.00768. The van der Waals surface area contributed by atoms with Crippen LogP contribution in [0.5, 0.6) is 0 Å². The minimum atomic E-state index is -1.35. The minimum Gasteiger partial charge on any atom is -0.370 e. The van der Waals surface area contributed by atoms with Crippen molar-refractivity contribution < 1.29 is 38.4 Å². The molecule has 3 aromatic heterocycles. The van der Waals surface area contributed by atoms with Crippen molar-refractivity contribution in [2.24, 2.45) is 23.3 Å². The molecule has 20 heteroatoms. The lowest BCUT2D eigenvalue weighted by molar-refractivity contribution is -0.146. The van der Waals surface area contributed by atoms with Gasteiger partial charge in [-0.05, 0) is 77.4 Å². The van der Waals surface area contributed by atoms with E-state index >= 15 is 9.59 Å². The van der Waals surface area contributed by atoms with Crippen LogP contribution in [0.25, 0.3) is 31.8 Å². The fourth-order valence-electron chi connectivity index (χ4n) is 10.1. The van der Waals surface area contributed by atoms with Crippen LogP contribution in [0.15, 0.2) is 77.6 Å². The standard InChI is InChI=1S/C51H60N10O8S2/c52-45(63)26-38-42(62)25-36(30-9-2-1-3-10-30)51(69)60-27-34(61-28-40(58-59-61)31-15-17-32(18-16-31)43-14-8-22-70-43)24-41(60)50(68)57-39(23-33-29-71-44-13-5-4-11-35(33)44)49(67)56-37(48(53)66)12-6-7-21-54-46(64)19-20-47(65)55-38/h4-5,8,11,13-18,22,28-30,34,36-39,41H,1-3,6-7,9-10,12,19-21,23-27H2,(H2,52,63)(H2,53,66)(H,54,64)(H,55,65)(H,56,67)(H,57,68)/t34-,36-,37-,38-,39-,41-/m0/s1. The Bertz CT molecular complexity index is 2730. The summed E-state index contributed by atoms with van der Waals surface area (Å²) in [6.45, 7) is 0.217. The molecule has 0 radical (unpaired) electrons. The van der Waals surface area contributed by atoms with E-state index < -0.39 is 89.7 Å². The maximum Gasteiger partial charge on any atom is 0.243 e. The molecular formula is C51H60N10O8S2. The van der Waals surface area contributed by atoms with Crippen LogP contribution >= 0.6 is 22.7 Å². The molecule has 71 heavy (non-hydrogen) atoms. The number of primary amides is 2. The second-order valence-corrected chi connectivity index (χ2v) is 20.7. The van der Waals surface area contributed by atoms with Crippen LogP contribution in [0.3, 0.4) is 0 Å². The lowest BCUT2D eigenvalue weighted by Gasteiger charge is -2.35. The van der Waals surface area contributed by atoms with Crippen molar-refractivity contribution in [3.05, 3.63) is 83.2 Å². The molecule has 0 spiro atoms. The molecular weight excluding hydrogens is 945 g/mol. The first-order valence-electron chi connectivity index (χ1n) is 24.4. The van der Waals surface area contributed by atoms with E-state index in [4.69, 9.17) is 11.5 Å². The van der Waals surface area contributed by atoms with Gasteiger partial charge in [-0.1, -0.05) is 73.0 Å². The summed E-state index contributed by atoms with van der Waals surface area (Å²) >= 11 is 3.13. The molecule has 18 nitrogen and oxygen atoms in total. The number of nitrogens with zero attached hydrogens (tertiary/aromatic N) is 4. The van der Waals surface area contributed by atoms with Crippen LogP contribution in [-0.2, 0) is 44.8 Å². The summed E-state index contributed by atoms with van der Waals surface area (Å²) in [5, 5.41) is 24.9. The number of rotatable bonds is 9. The number of nitrogens with two attached hydrogens (primary N) is 2. The number of nitrogens with one attached hydrogen (secondary N) is 4. The van der Waals surface area contributed by atoms with Gasteiger partial charge in [-0.25, -0.2) is 4.68 Å². The summed E-state index contributed by atoms with van der Waals surface area (Å²) in [6.07, 6.45) is 5.33. The number of thiophene rings is 2. The number of amides is 7. The highest BCUT2D eigenvalue weighted by atomic mass is 32.1. The largest absolute Gasteiger partial charge is 0.370 e. The highest BCUT2D eigenvalue weighted by Gasteiger charge is 2.46. The maximum atomic E-state index is 15.4. The zero-order valence-electron chi connectivity index (χ0n) is 39.4. The van der Waals surface area contributed by atoms with Gasteiger partial charge in [-0.3, -0.25) is 38.4 Å². The Morgan fingerprint density at radius 2 is 1.51 bits per heavy atom. The first-order valence-corrected chi connectivity index (χ1v) is 26.2. The number of ketones is 1. The molecule has 5 aromatic rings. The highest BCUT2D eigenvalue weighted by Crippen LogP contribution is 2.38. The second-order valence-electron chi connectivity index (χ2n) is 18.8. The van der Waals surface area contributed by atoms with Crippen molar-refractivity contribution in [2.75, 3.05) is 13.1 Å². The van der Waals surface area contributed by atoms with Crippen LogP contribution in [-0.4, -0.2) is 104 Å². The van der Waals surface area contributed by atoms with E-state index in [1.54, 1.807) is 22.2 Å². The SMILES string of the molecule is NC(=O)C[C@@H]1NC(=O)CCC(=O)NCCCC[C@@H](C(N)=O)NC(=O)[C@H](Cc2csc3ccccc23)NC(=O)[C@@H]2C[C@H](n3cc(-c4ccc(-c5cccs5)cc4)nn3)CN2C(=O)[C@H](C2CCCCC2)CC1=O. The molecule has 0 bridgehead atoms. The topological polar surface area (TPSA) is 271 Å². The van der Waals surface area contributed by atoms with Crippen molar-refractivity contribution in [1.29, 1.82) is 0 Å². The lowest BCUT2D eigenvalue weighted by atomic mass is 9.76. The number of Topliss-reactive ketones (excluding diaryl/α,β-unsaturated/α-hetero) is 1. The molecule has 6 atom stereocenters. The molecule has 2 aromatic carbocycles. The quantitative estimate of drug-likeness (QED) is 0.122. The normalized spacial score (nSPS) is 24.1. The molecule has 7 amide bonds. The van der Waals surface area contributed by atoms with Crippen LogP contribution in [0.4, 0.5) is 0 Å². The Morgan fingerprint density at radius 1 is 0.761 bits per heavy atom. The summed E-state index contributed by atoms with van der Waals surface area (Å²) in [4.78, 5) is 113. The van der Waals surface area contributed by atoms with E-state index in [1.807, 2.05) is 71.4 Å². The molecule has 8 N–H and O–H groups in total. The maximum absolute atomic E-state index is 15.4. The number of carbonyl (C=O) groups is 8. The summed E-state index contributed by atoms with van der Waals surface area (Å²) < 4.78 is 2.62. The summed E-state index contributed by atoms with van der Waals surface area (Å²) in [5.41, 5.74) is 14.7. The van der Waals surface area contributed by atoms with Crippen LogP contribution in [0.2, 0.25) is 0 Å². The van der Waals surface area contributed by atoms with Crippen molar-refractivity contribution >= 4 is 79.9 Å². The number of aromatic nitrogens is 3. The molecule has 0 unspecified atom stereocenters. The Kier molecular flexibility index (Phi) is 16.7. The van der Waals surface area contributed by atoms with E-state index in [0.717, 1.165) is 50.9 Å². The predicted molar refractivity (Wildman–Crippen MR) is 268 cm³/mol. The third-order valence-electron chi connectivity index (χ3n) is 13.9. The molecule has 5 heterocycles. The zero-order valence-corrected chi connectivity index (χ0v) is 41.0. The Labute approximate surface area is 419 Å². The van der Waals surface area contributed by atoms with Crippen LogP contribution in [0, 0.1) is 11.8 Å². The number of fused-ring (bicyclic) bond motifs is 2. The molecule has 374 valence electrons. The van der Waals surface area contributed by atoms with Crippen LogP contribution < -0.4 is 32.7 Å². The van der Waals surface area contributed by atoms with Crippen molar-refractivity contribution in [3.63, 3.8) is 0 Å². The number of carbonyl (C=O) groups excluding carboxylic acids is 8. The van der Waals surface area contributed by atoms with Gasteiger partial charge in [0.25, 0.3) is 0 Å². The second kappa shape index (κ2) is 23.4. The van der Waals surface area contributed by atoms with E-state index in [2.05, 4.69) is 31.6 Å². The van der Waals surface area contributed by atoms with Crippen molar-refractivity contribution in [2.45, 2.75) is 120 Å². The van der Waals surface area contributed by atoms with E-state index in [9.17, 15) is 28.8 Å². The Balaban J connectivity index is 1.15. The summed E-state index contributed by atoms with van der Waals surface area (Å²) in [6, 6.07) is 14.3. The van der Waals surface area contributed by atoms with Crippen LogP contribution in [0.1, 0.15) is 95.1 Å². The average Bonchev–Trinajstić information content (AvgIpc) is 4.22. The number of hydrogen-bond acceptors (Lipinski definition) is 12. The lowest BCUT2D eigenvalue weighted by Crippen LogP contribution is -2.57. The van der Waals surface area contributed by atoms with Gasteiger partial charge >= 0.3 is 0 Å². The van der Waals surface area contributed by atoms with Gasteiger partial charge in [0.15, 0.2) is 5.78 Å². The van der Waals surface area contributed by atoms with Crippen molar-refractivity contribution in [1.82, 2.24) is 41.2 Å². The van der Waals surface area contributed by atoms with Gasteiger partial charge in [0, 0.05) is 66.3 Å². The first-order chi connectivity index (χ1) is 34.3. The first kappa shape index (κ1) is 50.6. The van der Waals surface area contributed by atoms with Gasteiger partial charge in [0.05, 0.1) is 24.7 Å². The average molecular weight is 1010 g/mol. The smallest absolute Gasteiger partial charge is 0.243 e. The third-order valence-corrected chi connectivity index (χ3v) is 15.9. The van der Waals surface area contributed by atoms with E-state index in [1.165, 1.54) is 16.2 Å². The molecule has 1 saturated carbocycles. The monoisotopic (exact) mass is 1000 g/mol. The van der Waals surface area contributed by atoms with Gasteiger partial charge in [-0.15, -0.1) is 27.8 Å². The fraction of sp³-hybridized carbons (Fsp3) is 0.451. The van der Waals surface area contributed by atoms with E-state index in [0.29, 0.717) is 31.4 Å². The Hall–Kier alpha value is -6.80. The number of benzene rings is 2. The molecule has 3 aliphatic rings. The summed E-state index contributed by atoms with van der Waals surface area (Å²) in [5.74, 6) is -6.20. The van der Waals surface area contributed by atoms with Gasteiger partial charge in [-0.2, -0.15) is 0 Å². The molecule has 3 fully saturated rings. The summed E-state index contributed by atoms with van der Waals surface area (Å²) in [7, 11) is 0. The molecule has 1 aliphatic carbocycles. The molecule has 2 saturated heterocycles. The predicted octanol–water partition coefficient (Wildman–Crippen LogP) is 4.32. The molecule has 2 aliphatic heterocycles. The highest BCUT2D eigenvalue weighted by molar-refractivity contribution is 7.17. The third kappa shape index (κ3) is 12.8. The van der Waals surface area contributed by atoms with Gasteiger partial charge in [0.2, 0.25) is 41.4 Å². The van der Waals surface area contributed by atoms with Gasteiger partial charge in [0.1, 0.15) is 23.8 Å². The van der Waals surface area contributed by atoms with Crippen molar-refractivity contribution in [3.8, 4) is 21.7 Å². The zero-order chi connectivity index (χ0) is 50.0. The number of hydrogen-bond donors (Lipinski definition) is 6. The van der Waals surface area contributed by atoms with E-state index in [-0.39, 0.29) is 57.5 Å². The molecule has 8 rings (SSSR count).